The van der Waals surface area contributed by atoms with Crippen LogP contribution in [0.1, 0.15) is 25.0 Å². The maximum Gasteiger partial charge on any atom is 0.129 e. The van der Waals surface area contributed by atoms with Crippen LogP contribution >= 0.6 is 23.5 Å². The lowest BCUT2D eigenvalue weighted by atomic mass is 10.2. The molecule has 2 heterocycles. The molecule has 0 saturated carbocycles. The van der Waals surface area contributed by atoms with Gasteiger partial charge in [0.15, 0.2) is 0 Å². The third-order valence-corrected chi connectivity index (χ3v) is 4.01. The van der Waals surface area contributed by atoms with Gasteiger partial charge in [-0.1, -0.05) is 18.0 Å². The third kappa shape index (κ3) is 3.10. The van der Waals surface area contributed by atoms with Gasteiger partial charge in [0.1, 0.15) is 5.15 Å². The van der Waals surface area contributed by atoms with E-state index in [9.17, 15) is 0 Å². The molecule has 82 valence electrons. The second-order valence-corrected chi connectivity index (χ2v) is 5.32. The van der Waals surface area contributed by atoms with Crippen molar-refractivity contribution >= 4 is 23.5 Å². The first-order chi connectivity index (χ1) is 7.25. The van der Waals surface area contributed by atoms with E-state index in [2.05, 4.69) is 15.4 Å². The molecule has 1 aromatic heterocycles. The fourth-order valence-corrected chi connectivity index (χ4v) is 2.92. The first kappa shape index (κ1) is 11.2. The monoisotopic (exact) mass is 242 g/mol. The van der Waals surface area contributed by atoms with Crippen LogP contribution in [0.25, 0.3) is 0 Å². The van der Waals surface area contributed by atoms with Crippen LogP contribution in [0.2, 0.25) is 5.15 Å². The summed E-state index contributed by atoms with van der Waals surface area (Å²) in [5.41, 5.74) is 1.03. The summed E-state index contributed by atoms with van der Waals surface area (Å²) in [4.78, 5) is 5.48. The number of aromatic nitrogens is 1. The van der Waals surface area contributed by atoms with E-state index in [1.165, 1.54) is 37.2 Å². The zero-order valence-electron chi connectivity index (χ0n) is 8.87. The SMILES string of the molecule is Cc1nc(Cl)ccc1SN1CCCCC1. The van der Waals surface area contributed by atoms with E-state index in [1.807, 2.05) is 24.9 Å². The summed E-state index contributed by atoms with van der Waals surface area (Å²) < 4.78 is 2.42. The molecule has 0 aliphatic carbocycles. The van der Waals surface area contributed by atoms with E-state index in [0.29, 0.717) is 5.15 Å². The molecule has 1 saturated heterocycles. The second kappa shape index (κ2) is 5.19. The van der Waals surface area contributed by atoms with Crippen LogP contribution in [0.4, 0.5) is 0 Å². The largest absolute Gasteiger partial charge is 0.246 e. The summed E-state index contributed by atoms with van der Waals surface area (Å²) in [7, 11) is 0. The molecule has 0 N–H and O–H groups in total. The number of rotatable bonds is 2. The van der Waals surface area contributed by atoms with E-state index in [4.69, 9.17) is 11.6 Å². The average molecular weight is 243 g/mol. The zero-order valence-corrected chi connectivity index (χ0v) is 10.4. The molecule has 4 heteroatoms. The minimum Gasteiger partial charge on any atom is -0.246 e. The summed E-state index contributed by atoms with van der Waals surface area (Å²) in [5, 5.41) is 0.579. The Morgan fingerprint density at radius 3 is 2.67 bits per heavy atom. The van der Waals surface area contributed by atoms with Crippen molar-refractivity contribution in [2.75, 3.05) is 13.1 Å². The molecule has 0 bridgehead atoms. The van der Waals surface area contributed by atoms with Gasteiger partial charge in [0.05, 0.1) is 5.69 Å². The Labute approximate surface area is 100 Å². The Bertz CT molecular complexity index is 337. The van der Waals surface area contributed by atoms with Crippen molar-refractivity contribution < 1.29 is 0 Å². The quantitative estimate of drug-likeness (QED) is 0.583. The summed E-state index contributed by atoms with van der Waals surface area (Å²) in [6.45, 7) is 4.39. The predicted molar refractivity (Wildman–Crippen MR) is 65.3 cm³/mol. The van der Waals surface area contributed by atoms with Gasteiger partial charge in [0, 0.05) is 18.0 Å². The fraction of sp³-hybridized carbons (Fsp3) is 0.545. The molecule has 0 atom stereocenters. The van der Waals surface area contributed by atoms with Gasteiger partial charge in [-0.3, -0.25) is 0 Å². The first-order valence-corrected chi connectivity index (χ1v) is 6.47. The molecule has 1 aliphatic heterocycles. The molecule has 2 rings (SSSR count). The average Bonchev–Trinajstić information content (AvgIpc) is 2.24. The van der Waals surface area contributed by atoms with Gasteiger partial charge < -0.3 is 0 Å². The van der Waals surface area contributed by atoms with Crippen LogP contribution < -0.4 is 0 Å². The van der Waals surface area contributed by atoms with Crippen LogP contribution in [0.5, 0.6) is 0 Å². The molecule has 0 spiro atoms. The van der Waals surface area contributed by atoms with E-state index < -0.39 is 0 Å². The van der Waals surface area contributed by atoms with Crippen molar-refractivity contribution in [3.05, 3.63) is 23.0 Å². The van der Waals surface area contributed by atoms with Crippen LogP contribution in [-0.2, 0) is 0 Å². The van der Waals surface area contributed by atoms with Crippen LogP contribution in [0.3, 0.4) is 0 Å². The molecule has 15 heavy (non-hydrogen) atoms. The predicted octanol–water partition coefficient (Wildman–Crippen LogP) is 3.54. The van der Waals surface area contributed by atoms with Gasteiger partial charge in [-0.25, -0.2) is 9.29 Å². The minimum atomic E-state index is 0.579. The maximum absolute atomic E-state index is 5.83. The van der Waals surface area contributed by atoms with Gasteiger partial charge in [-0.2, -0.15) is 0 Å². The number of nitrogens with zero attached hydrogens (tertiary/aromatic N) is 2. The molecule has 0 amide bonds. The van der Waals surface area contributed by atoms with Crippen LogP contribution in [0.15, 0.2) is 17.0 Å². The smallest absolute Gasteiger partial charge is 0.129 e. The molecule has 0 aromatic carbocycles. The molecule has 1 fully saturated rings. The molecule has 2 nitrogen and oxygen atoms in total. The first-order valence-electron chi connectivity index (χ1n) is 5.32. The Balaban J connectivity index is 2.03. The number of halogens is 1. The molecule has 1 aromatic rings. The van der Waals surface area contributed by atoms with E-state index in [-0.39, 0.29) is 0 Å². The highest BCUT2D eigenvalue weighted by atomic mass is 35.5. The standard InChI is InChI=1S/C11H15ClN2S/c1-9-10(5-6-11(12)13-9)15-14-7-3-2-4-8-14/h5-6H,2-4,7-8H2,1H3. The number of aryl methyl sites for hydroxylation is 1. The maximum atomic E-state index is 5.83. The third-order valence-electron chi connectivity index (χ3n) is 2.55. The van der Waals surface area contributed by atoms with Gasteiger partial charge in [-0.15, -0.1) is 0 Å². The lowest BCUT2D eigenvalue weighted by Crippen LogP contribution is -2.22. The normalized spacial score (nSPS) is 18.0. The van der Waals surface area contributed by atoms with Gasteiger partial charge in [-0.05, 0) is 43.8 Å². The molecule has 0 unspecified atom stereocenters. The number of hydrogen-bond acceptors (Lipinski definition) is 3. The number of piperidine rings is 1. The van der Waals surface area contributed by atoms with Crippen molar-refractivity contribution in [3.63, 3.8) is 0 Å². The zero-order chi connectivity index (χ0) is 10.7. The van der Waals surface area contributed by atoms with Crippen molar-refractivity contribution in [1.29, 1.82) is 0 Å². The lowest BCUT2D eigenvalue weighted by Gasteiger charge is -2.25. The number of pyridine rings is 1. The highest BCUT2D eigenvalue weighted by Gasteiger charge is 2.12. The van der Waals surface area contributed by atoms with Crippen molar-refractivity contribution in [1.82, 2.24) is 9.29 Å². The Morgan fingerprint density at radius 1 is 1.27 bits per heavy atom. The molecule has 0 radical (unpaired) electrons. The molecule has 1 aliphatic rings. The number of hydrogen-bond donors (Lipinski definition) is 0. The molecular weight excluding hydrogens is 228 g/mol. The summed E-state index contributed by atoms with van der Waals surface area (Å²) in [6, 6.07) is 3.92. The van der Waals surface area contributed by atoms with Crippen molar-refractivity contribution in [2.45, 2.75) is 31.1 Å². The van der Waals surface area contributed by atoms with Crippen LogP contribution in [-0.4, -0.2) is 22.4 Å². The van der Waals surface area contributed by atoms with Gasteiger partial charge in [0.25, 0.3) is 0 Å². The van der Waals surface area contributed by atoms with Gasteiger partial charge >= 0.3 is 0 Å². The van der Waals surface area contributed by atoms with E-state index >= 15 is 0 Å². The van der Waals surface area contributed by atoms with Crippen molar-refractivity contribution in [3.8, 4) is 0 Å². The Kier molecular flexibility index (Phi) is 3.89. The highest BCUT2D eigenvalue weighted by Crippen LogP contribution is 2.28. The summed E-state index contributed by atoms with van der Waals surface area (Å²) in [5.74, 6) is 0. The minimum absolute atomic E-state index is 0.579. The Morgan fingerprint density at radius 2 is 2.00 bits per heavy atom. The summed E-state index contributed by atoms with van der Waals surface area (Å²) >= 11 is 7.64. The van der Waals surface area contributed by atoms with Crippen LogP contribution in [0, 0.1) is 6.92 Å². The lowest BCUT2D eigenvalue weighted by molar-refractivity contribution is 0.380. The fourth-order valence-electron chi connectivity index (χ4n) is 1.71. The van der Waals surface area contributed by atoms with Gasteiger partial charge in [0.2, 0.25) is 0 Å². The Hall–Kier alpha value is -0.250. The highest BCUT2D eigenvalue weighted by molar-refractivity contribution is 7.97. The van der Waals surface area contributed by atoms with Crippen molar-refractivity contribution in [2.24, 2.45) is 0 Å². The second-order valence-electron chi connectivity index (χ2n) is 3.80. The topological polar surface area (TPSA) is 16.1 Å². The van der Waals surface area contributed by atoms with E-state index in [1.54, 1.807) is 0 Å². The summed E-state index contributed by atoms with van der Waals surface area (Å²) in [6.07, 6.45) is 4.00. The molecular formula is C11H15ClN2S. The van der Waals surface area contributed by atoms with E-state index in [0.717, 1.165) is 5.69 Å².